The van der Waals surface area contributed by atoms with Crippen LogP contribution >= 0.6 is 0 Å². The number of aliphatic hydroxyl groups is 1. The van der Waals surface area contributed by atoms with Crippen LogP contribution in [0.1, 0.15) is 38.4 Å². The molecule has 0 amide bonds. The minimum absolute atomic E-state index is 0.246. The summed E-state index contributed by atoms with van der Waals surface area (Å²) >= 11 is 0. The second-order valence-corrected chi connectivity index (χ2v) is 6.81. The van der Waals surface area contributed by atoms with Gasteiger partial charge in [-0.3, -0.25) is 9.69 Å². The molecule has 2 aliphatic heterocycles. The molecule has 3 atom stereocenters. The molecule has 2 aliphatic rings. The maximum absolute atomic E-state index is 11.3. The van der Waals surface area contributed by atoms with Crippen molar-refractivity contribution in [2.75, 3.05) is 13.1 Å². The lowest BCUT2D eigenvalue weighted by Crippen LogP contribution is -2.60. The highest BCUT2D eigenvalue weighted by atomic mass is 16.5. The summed E-state index contributed by atoms with van der Waals surface area (Å²) in [5.74, 6) is -0.411. The van der Waals surface area contributed by atoms with Gasteiger partial charge < -0.3 is 14.9 Å². The van der Waals surface area contributed by atoms with Crippen molar-refractivity contribution in [1.29, 1.82) is 0 Å². The monoisotopic (exact) mass is 305 g/mol. The third-order valence-corrected chi connectivity index (χ3v) is 4.82. The van der Waals surface area contributed by atoms with E-state index in [0.29, 0.717) is 18.7 Å². The van der Waals surface area contributed by atoms with E-state index in [0.717, 1.165) is 18.5 Å². The summed E-state index contributed by atoms with van der Waals surface area (Å²) in [5, 5.41) is 20.2. The Morgan fingerprint density at radius 2 is 2.09 bits per heavy atom. The van der Waals surface area contributed by atoms with Crippen molar-refractivity contribution in [3.05, 3.63) is 29.8 Å². The Morgan fingerprint density at radius 3 is 2.82 bits per heavy atom. The number of ether oxygens (including phenoxy) is 1. The summed E-state index contributed by atoms with van der Waals surface area (Å²) in [5.41, 5.74) is 0.206. The Balaban J connectivity index is 1.90. The van der Waals surface area contributed by atoms with Gasteiger partial charge in [0.1, 0.15) is 17.5 Å². The second-order valence-electron chi connectivity index (χ2n) is 6.81. The first-order valence-electron chi connectivity index (χ1n) is 7.83. The lowest BCUT2D eigenvalue weighted by molar-refractivity contribution is -0.147. The van der Waals surface area contributed by atoms with Crippen LogP contribution in [0.2, 0.25) is 0 Å². The number of hydrogen-bond acceptors (Lipinski definition) is 4. The van der Waals surface area contributed by atoms with Gasteiger partial charge in [-0.2, -0.15) is 0 Å². The van der Waals surface area contributed by atoms with Gasteiger partial charge in [0.2, 0.25) is 0 Å². The van der Waals surface area contributed by atoms with Gasteiger partial charge in [0, 0.05) is 12.1 Å². The number of para-hydroxylation sites is 1. The van der Waals surface area contributed by atoms with E-state index in [-0.39, 0.29) is 12.0 Å². The molecule has 0 spiro atoms. The Labute approximate surface area is 130 Å². The minimum atomic E-state index is -0.755. The van der Waals surface area contributed by atoms with Gasteiger partial charge in [-0.15, -0.1) is 0 Å². The van der Waals surface area contributed by atoms with Crippen molar-refractivity contribution >= 4 is 5.97 Å². The number of benzene rings is 1. The molecule has 3 rings (SSSR count). The zero-order valence-corrected chi connectivity index (χ0v) is 13.0. The Hall–Kier alpha value is -1.59. The molecule has 0 aliphatic carbocycles. The maximum atomic E-state index is 11.3. The van der Waals surface area contributed by atoms with Crippen LogP contribution in [-0.4, -0.2) is 45.8 Å². The number of nitrogens with zero attached hydrogens (tertiary/aromatic N) is 1. The summed E-state index contributed by atoms with van der Waals surface area (Å²) in [6, 6.07) is 7.28. The molecule has 2 N–H and O–H groups in total. The first-order chi connectivity index (χ1) is 10.4. The van der Waals surface area contributed by atoms with Crippen LogP contribution in [0, 0.1) is 5.92 Å². The molecule has 0 bridgehead atoms. The van der Waals surface area contributed by atoms with Crippen molar-refractivity contribution in [3.63, 3.8) is 0 Å². The molecule has 5 heteroatoms. The third-order valence-electron chi connectivity index (χ3n) is 4.82. The SMILES string of the molecule is CC1(C)Oc2ccccc2C(O)C1N1CCCC(C(=O)O)C1. The summed E-state index contributed by atoms with van der Waals surface area (Å²) in [4.78, 5) is 13.4. The lowest BCUT2D eigenvalue weighted by atomic mass is 9.83. The molecule has 22 heavy (non-hydrogen) atoms. The van der Waals surface area contributed by atoms with Crippen LogP contribution in [0.3, 0.4) is 0 Å². The zero-order valence-electron chi connectivity index (χ0n) is 13.0. The van der Waals surface area contributed by atoms with Crippen molar-refractivity contribution in [3.8, 4) is 5.75 Å². The molecule has 3 unspecified atom stereocenters. The number of fused-ring (bicyclic) bond motifs is 1. The van der Waals surface area contributed by atoms with Gasteiger partial charge in [-0.25, -0.2) is 0 Å². The van der Waals surface area contributed by atoms with E-state index < -0.39 is 17.7 Å². The number of carboxylic acid groups (broad SMARTS) is 1. The average Bonchev–Trinajstić information content (AvgIpc) is 2.46. The molecule has 1 aromatic rings. The van der Waals surface area contributed by atoms with E-state index in [9.17, 15) is 15.0 Å². The first kappa shape index (κ1) is 15.3. The van der Waals surface area contributed by atoms with Crippen LogP contribution < -0.4 is 4.74 Å². The molecule has 0 aromatic heterocycles. The largest absolute Gasteiger partial charge is 0.486 e. The van der Waals surface area contributed by atoms with Gasteiger partial charge in [0.25, 0.3) is 0 Å². The normalized spacial score (nSPS) is 31.1. The summed E-state index contributed by atoms with van der Waals surface area (Å²) in [6.45, 7) is 5.18. The molecule has 0 radical (unpaired) electrons. The molecule has 1 saturated heterocycles. The van der Waals surface area contributed by atoms with Crippen molar-refractivity contribution in [2.45, 2.75) is 44.4 Å². The number of aliphatic hydroxyl groups excluding tert-OH is 1. The quantitative estimate of drug-likeness (QED) is 0.875. The number of rotatable bonds is 2. The van der Waals surface area contributed by atoms with E-state index >= 15 is 0 Å². The predicted molar refractivity (Wildman–Crippen MR) is 81.8 cm³/mol. The fourth-order valence-corrected chi connectivity index (χ4v) is 3.81. The summed E-state index contributed by atoms with van der Waals surface area (Å²) in [6.07, 6.45) is 0.859. The maximum Gasteiger partial charge on any atom is 0.307 e. The van der Waals surface area contributed by atoms with Gasteiger partial charge in [0.05, 0.1) is 12.0 Å². The average molecular weight is 305 g/mol. The van der Waals surface area contributed by atoms with Gasteiger partial charge in [-0.1, -0.05) is 18.2 Å². The van der Waals surface area contributed by atoms with E-state index in [2.05, 4.69) is 4.90 Å². The topological polar surface area (TPSA) is 70.0 Å². The number of aliphatic carboxylic acids is 1. The Bertz CT molecular complexity index is 572. The van der Waals surface area contributed by atoms with E-state index in [4.69, 9.17) is 4.74 Å². The number of likely N-dealkylation sites (tertiary alicyclic amines) is 1. The van der Waals surface area contributed by atoms with E-state index in [1.54, 1.807) is 0 Å². The fourth-order valence-electron chi connectivity index (χ4n) is 3.81. The van der Waals surface area contributed by atoms with E-state index in [1.807, 2.05) is 38.1 Å². The van der Waals surface area contributed by atoms with Crippen LogP contribution in [0.15, 0.2) is 24.3 Å². The van der Waals surface area contributed by atoms with Crippen LogP contribution in [-0.2, 0) is 4.79 Å². The molecule has 0 saturated carbocycles. The van der Waals surface area contributed by atoms with Crippen molar-refractivity contribution in [1.82, 2.24) is 4.90 Å². The van der Waals surface area contributed by atoms with Crippen LogP contribution in [0.25, 0.3) is 0 Å². The smallest absolute Gasteiger partial charge is 0.307 e. The van der Waals surface area contributed by atoms with Crippen LogP contribution in [0.5, 0.6) is 5.75 Å². The van der Waals surface area contributed by atoms with Crippen molar-refractivity contribution < 1.29 is 19.7 Å². The fraction of sp³-hybridized carbons (Fsp3) is 0.588. The summed E-state index contributed by atoms with van der Waals surface area (Å²) in [7, 11) is 0. The minimum Gasteiger partial charge on any atom is -0.486 e. The predicted octanol–water partition coefficient (Wildman–Crippen LogP) is 2.06. The standard InChI is InChI=1S/C17H23NO4/c1-17(2)15(18-9-5-6-11(10-18)16(20)21)14(19)12-7-3-4-8-13(12)22-17/h3-4,7-8,11,14-15,19H,5-6,9-10H2,1-2H3,(H,20,21). The third kappa shape index (κ3) is 2.59. The molecule has 1 aromatic carbocycles. The molecular formula is C17H23NO4. The van der Waals surface area contributed by atoms with Crippen LogP contribution in [0.4, 0.5) is 0 Å². The highest BCUT2D eigenvalue weighted by Gasteiger charge is 2.47. The number of piperidine rings is 1. The van der Waals surface area contributed by atoms with Gasteiger partial charge in [0.15, 0.2) is 0 Å². The second kappa shape index (κ2) is 5.56. The molecule has 1 fully saturated rings. The molecule has 2 heterocycles. The lowest BCUT2D eigenvalue weighted by Gasteiger charge is -2.49. The van der Waals surface area contributed by atoms with E-state index in [1.165, 1.54) is 0 Å². The first-order valence-corrected chi connectivity index (χ1v) is 7.83. The number of carboxylic acids is 1. The zero-order chi connectivity index (χ0) is 15.9. The highest BCUT2D eigenvalue weighted by molar-refractivity contribution is 5.70. The highest BCUT2D eigenvalue weighted by Crippen LogP contribution is 2.42. The number of carbonyl (C=O) groups is 1. The Morgan fingerprint density at radius 1 is 1.36 bits per heavy atom. The summed E-state index contributed by atoms with van der Waals surface area (Å²) < 4.78 is 6.10. The molecule has 5 nitrogen and oxygen atoms in total. The molecule has 120 valence electrons. The van der Waals surface area contributed by atoms with Crippen molar-refractivity contribution in [2.24, 2.45) is 5.92 Å². The Kier molecular flexibility index (Phi) is 3.87. The van der Waals surface area contributed by atoms with Gasteiger partial charge >= 0.3 is 5.97 Å². The number of hydrogen-bond donors (Lipinski definition) is 2. The molecular weight excluding hydrogens is 282 g/mol. The van der Waals surface area contributed by atoms with Gasteiger partial charge in [-0.05, 0) is 39.3 Å².